The molecule has 0 unspecified atom stereocenters. The molecule has 0 aliphatic rings. The fourth-order valence-corrected chi connectivity index (χ4v) is 2.54. The third-order valence-corrected chi connectivity index (χ3v) is 3.98. The molecule has 0 saturated carbocycles. The average Bonchev–Trinajstić information content (AvgIpc) is 2.62. The molecular weight excluding hydrogens is 379 g/mol. The van der Waals surface area contributed by atoms with Gasteiger partial charge in [-0.15, -0.1) is 0 Å². The van der Waals surface area contributed by atoms with Crippen molar-refractivity contribution in [2.75, 3.05) is 13.7 Å². The number of alkyl halides is 3. The Balaban J connectivity index is 1.83. The van der Waals surface area contributed by atoms with Crippen molar-refractivity contribution in [2.24, 2.45) is 4.99 Å². The minimum atomic E-state index is -4.32. The number of ether oxygens (including phenoxy) is 1. The Morgan fingerprint density at radius 3 is 2.44 bits per heavy atom. The fourth-order valence-electron chi connectivity index (χ4n) is 2.34. The number of benzene rings is 2. The van der Waals surface area contributed by atoms with Crippen molar-refractivity contribution in [1.29, 1.82) is 0 Å². The van der Waals surface area contributed by atoms with Crippen molar-refractivity contribution < 1.29 is 17.9 Å². The smallest absolute Gasteiger partial charge is 0.367 e. The molecule has 2 aromatic carbocycles. The zero-order valence-corrected chi connectivity index (χ0v) is 15.6. The van der Waals surface area contributed by atoms with Crippen LogP contribution in [0.5, 0.6) is 0 Å². The van der Waals surface area contributed by atoms with Gasteiger partial charge in [-0.3, -0.25) is 4.99 Å². The zero-order valence-electron chi connectivity index (χ0n) is 14.8. The number of nitrogens with one attached hydrogen (secondary N) is 2. The molecule has 8 heteroatoms. The van der Waals surface area contributed by atoms with Crippen LogP contribution in [0.25, 0.3) is 0 Å². The number of hydrogen-bond acceptors (Lipinski definition) is 2. The molecule has 2 aromatic rings. The van der Waals surface area contributed by atoms with Crippen LogP contribution in [0.3, 0.4) is 0 Å². The molecule has 0 atom stereocenters. The first-order valence-corrected chi connectivity index (χ1v) is 8.65. The molecule has 0 heterocycles. The first kappa shape index (κ1) is 21.1. The molecule has 0 saturated heterocycles. The SMILES string of the molecule is CN=C(NCc1cccc(COCC(F)(F)F)c1)NCc1ccccc1Cl. The van der Waals surface area contributed by atoms with Gasteiger partial charge in [0.05, 0.1) is 6.61 Å². The van der Waals surface area contributed by atoms with Gasteiger partial charge in [-0.25, -0.2) is 0 Å². The van der Waals surface area contributed by atoms with Crippen LogP contribution in [0.1, 0.15) is 16.7 Å². The molecule has 0 fully saturated rings. The number of aliphatic imine (C=N–C) groups is 1. The minimum Gasteiger partial charge on any atom is -0.367 e. The van der Waals surface area contributed by atoms with Crippen molar-refractivity contribution in [3.8, 4) is 0 Å². The zero-order chi connectivity index (χ0) is 19.7. The van der Waals surface area contributed by atoms with Crippen LogP contribution in [-0.2, 0) is 24.4 Å². The highest BCUT2D eigenvalue weighted by atomic mass is 35.5. The summed E-state index contributed by atoms with van der Waals surface area (Å²) in [7, 11) is 1.66. The summed E-state index contributed by atoms with van der Waals surface area (Å²) in [5.74, 6) is 0.591. The van der Waals surface area contributed by atoms with E-state index < -0.39 is 12.8 Å². The largest absolute Gasteiger partial charge is 0.411 e. The topological polar surface area (TPSA) is 45.7 Å². The molecule has 0 spiro atoms. The molecule has 2 N–H and O–H groups in total. The van der Waals surface area contributed by atoms with Crippen LogP contribution in [0.15, 0.2) is 53.5 Å². The van der Waals surface area contributed by atoms with Gasteiger partial charge >= 0.3 is 6.18 Å². The predicted molar refractivity (Wildman–Crippen MR) is 101 cm³/mol. The molecular formula is C19H21ClF3N3O. The highest BCUT2D eigenvalue weighted by Gasteiger charge is 2.27. The van der Waals surface area contributed by atoms with Crippen LogP contribution in [-0.4, -0.2) is 25.8 Å². The summed E-state index contributed by atoms with van der Waals surface area (Å²) in [6.45, 7) is -0.360. The lowest BCUT2D eigenvalue weighted by Crippen LogP contribution is -2.36. The first-order valence-electron chi connectivity index (χ1n) is 8.27. The van der Waals surface area contributed by atoms with Gasteiger partial charge in [0, 0.05) is 25.2 Å². The van der Waals surface area contributed by atoms with Crippen molar-refractivity contribution in [3.63, 3.8) is 0 Å². The van der Waals surface area contributed by atoms with Crippen LogP contribution in [0.2, 0.25) is 5.02 Å². The Labute approximate surface area is 161 Å². The number of hydrogen-bond donors (Lipinski definition) is 2. The maximum atomic E-state index is 12.1. The van der Waals surface area contributed by atoms with Gasteiger partial charge in [-0.2, -0.15) is 13.2 Å². The summed E-state index contributed by atoms with van der Waals surface area (Å²) >= 11 is 6.13. The third-order valence-electron chi connectivity index (χ3n) is 3.61. The van der Waals surface area contributed by atoms with Crippen LogP contribution >= 0.6 is 11.6 Å². The van der Waals surface area contributed by atoms with E-state index >= 15 is 0 Å². The molecule has 146 valence electrons. The van der Waals surface area contributed by atoms with E-state index in [0.717, 1.165) is 11.1 Å². The molecule has 0 radical (unpaired) electrons. The van der Waals surface area contributed by atoms with Gasteiger partial charge in [0.15, 0.2) is 5.96 Å². The molecule has 0 bridgehead atoms. The molecule has 2 rings (SSSR count). The molecule has 0 amide bonds. The lowest BCUT2D eigenvalue weighted by Gasteiger charge is -2.13. The van der Waals surface area contributed by atoms with Crippen molar-refractivity contribution in [1.82, 2.24) is 10.6 Å². The van der Waals surface area contributed by atoms with E-state index in [2.05, 4.69) is 15.6 Å². The van der Waals surface area contributed by atoms with Crippen molar-refractivity contribution in [2.45, 2.75) is 25.9 Å². The van der Waals surface area contributed by atoms with Gasteiger partial charge in [0.25, 0.3) is 0 Å². The highest BCUT2D eigenvalue weighted by molar-refractivity contribution is 6.31. The summed E-state index contributed by atoms with van der Waals surface area (Å²) in [5, 5.41) is 7.00. The summed E-state index contributed by atoms with van der Waals surface area (Å²) in [5.41, 5.74) is 2.53. The van der Waals surface area contributed by atoms with E-state index in [1.54, 1.807) is 25.2 Å². The molecule has 0 aliphatic heterocycles. The fraction of sp³-hybridized carbons (Fsp3) is 0.316. The van der Waals surface area contributed by atoms with E-state index in [9.17, 15) is 13.2 Å². The maximum absolute atomic E-state index is 12.1. The van der Waals surface area contributed by atoms with Gasteiger partial charge in [-0.1, -0.05) is 54.1 Å². The standard InChI is InChI=1S/C19H21ClF3N3O/c1-24-18(26-11-16-7-2-3-8-17(16)20)25-10-14-5-4-6-15(9-14)12-27-13-19(21,22)23/h2-9H,10-13H2,1H3,(H2,24,25,26). The Kier molecular flexibility index (Phi) is 7.94. The second-order valence-electron chi connectivity index (χ2n) is 5.80. The number of nitrogens with zero attached hydrogens (tertiary/aromatic N) is 1. The number of rotatable bonds is 7. The van der Waals surface area contributed by atoms with E-state index in [-0.39, 0.29) is 6.61 Å². The Bertz CT molecular complexity index is 766. The van der Waals surface area contributed by atoms with Gasteiger partial charge in [-0.05, 0) is 22.8 Å². The summed E-state index contributed by atoms with van der Waals surface area (Å²) < 4.78 is 41.1. The Morgan fingerprint density at radius 2 is 1.74 bits per heavy atom. The lowest BCUT2D eigenvalue weighted by atomic mass is 10.1. The van der Waals surface area contributed by atoms with E-state index in [0.29, 0.717) is 29.6 Å². The van der Waals surface area contributed by atoms with Crippen LogP contribution < -0.4 is 10.6 Å². The van der Waals surface area contributed by atoms with Crippen molar-refractivity contribution in [3.05, 3.63) is 70.2 Å². The second-order valence-corrected chi connectivity index (χ2v) is 6.21. The summed E-state index contributed by atoms with van der Waals surface area (Å²) in [6.07, 6.45) is -4.32. The Morgan fingerprint density at radius 1 is 1.04 bits per heavy atom. The predicted octanol–water partition coefficient (Wildman–Crippen LogP) is 4.28. The van der Waals surface area contributed by atoms with Crippen LogP contribution in [0, 0.1) is 0 Å². The van der Waals surface area contributed by atoms with Gasteiger partial charge < -0.3 is 15.4 Å². The van der Waals surface area contributed by atoms with Crippen LogP contribution in [0.4, 0.5) is 13.2 Å². The van der Waals surface area contributed by atoms with E-state index in [1.807, 2.05) is 30.3 Å². The van der Waals surface area contributed by atoms with Gasteiger partial charge in [0.2, 0.25) is 0 Å². The maximum Gasteiger partial charge on any atom is 0.411 e. The van der Waals surface area contributed by atoms with E-state index in [4.69, 9.17) is 16.3 Å². The average molecular weight is 400 g/mol. The highest BCUT2D eigenvalue weighted by Crippen LogP contribution is 2.16. The molecule has 0 aliphatic carbocycles. The summed E-state index contributed by atoms with van der Waals surface area (Å²) in [4.78, 5) is 4.15. The number of guanidine groups is 1. The summed E-state index contributed by atoms with van der Waals surface area (Å²) in [6, 6.07) is 14.7. The number of halogens is 4. The Hall–Kier alpha value is -2.25. The quantitative estimate of drug-likeness (QED) is 0.539. The lowest BCUT2D eigenvalue weighted by molar-refractivity contribution is -0.176. The van der Waals surface area contributed by atoms with Gasteiger partial charge in [0.1, 0.15) is 6.61 Å². The second kappa shape index (κ2) is 10.2. The molecule has 4 nitrogen and oxygen atoms in total. The minimum absolute atomic E-state index is 0.0904. The molecule has 0 aromatic heterocycles. The normalized spacial score (nSPS) is 12.1. The van der Waals surface area contributed by atoms with E-state index in [1.165, 1.54) is 0 Å². The monoisotopic (exact) mass is 399 g/mol. The first-order chi connectivity index (χ1) is 12.9. The molecule has 27 heavy (non-hydrogen) atoms. The van der Waals surface area contributed by atoms with Crippen molar-refractivity contribution >= 4 is 17.6 Å². The third kappa shape index (κ3) is 7.88.